The zero-order chi connectivity index (χ0) is 14.7. The second kappa shape index (κ2) is 5.77. The summed E-state index contributed by atoms with van der Waals surface area (Å²) in [6, 6.07) is 7.53. The second-order valence-corrected chi connectivity index (χ2v) is 4.63. The standard InChI is InChI=1S/C15H18N2O3/c1-3-12(15(19)20)14(18)17(4-2)11-5-6-13-10(9-11)7-8-16-13/h5-9,12,16H,3-4H2,1-2H3,(H,19,20)/t12-/m1/s1. The minimum atomic E-state index is -1.07. The molecule has 1 atom stereocenters. The zero-order valence-corrected chi connectivity index (χ0v) is 11.6. The maximum atomic E-state index is 12.4. The van der Waals surface area contributed by atoms with Crippen LogP contribution in [-0.4, -0.2) is 28.5 Å². The molecule has 0 fully saturated rings. The maximum absolute atomic E-state index is 12.4. The number of aliphatic carboxylic acids is 1. The van der Waals surface area contributed by atoms with Crippen molar-refractivity contribution in [3.8, 4) is 0 Å². The Kier molecular flexibility index (Phi) is 4.08. The molecule has 0 radical (unpaired) electrons. The van der Waals surface area contributed by atoms with Crippen molar-refractivity contribution in [2.24, 2.45) is 5.92 Å². The van der Waals surface area contributed by atoms with Gasteiger partial charge in [-0.3, -0.25) is 9.59 Å². The van der Waals surface area contributed by atoms with Gasteiger partial charge in [-0.05, 0) is 37.6 Å². The molecule has 20 heavy (non-hydrogen) atoms. The van der Waals surface area contributed by atoms with Crippen LogP contribution in [0.5, 0.6) is 0 Å². The van der Waals surface area contributed by atoms with Crippen LogP contribution in [0.25, 0.3) is 10.9 Å². The van der Waals surface area contributed by atoms with Crippen molar-refractivity contribution < 1.29 is 14.7 Å². The van der Waals surface area contributed by atoms with Gasteiger partial charge in [-0.15, -0.1) is 0 Å². The van der Waals surface area contributed by atoms with Gasteiger partial charge in [0.2, 0.25) is 5.91 Å². The highest BCUT2D eigenvalue weighted by Gasteiger charge is 2.29. The molecule has 0 saturated heterocycles. The summed E-state index contributed by atoms with van der Waals surface area (Å²) in [6.07, 6.45) is 2.12. The first-order valence-corrected chi connectivity index (χ1v) is 6.69. The minimum absolute atomic E-state index is 0.289. The first-order chi connectivity index (χ1) is 9.58. The van der Waals surface area contributed by atoms with Crippen LogP contribution in [0.4, 0.5) is 5.69 Å². The SMILES string of the molecule is CC[C@@H](C(=O)O)C(=O)N(CC)c1ccc2[nH]ccc2c1. The highest BCUT2D eigenvalue weighted by Crippen LogP contribution is 2.23. The fourth-order valence-corrected chi connectivity index (χ4v) is 2.32. The number of carbonyl (C=O) groups excluding carboxylic acids is 1. The Hall–Kier alpha value is -2.30. The van der Waals surface area contributed by atoms with E-state index in [2.05, 4.69) is 4.98 Å². The maximum Gasteiger partial charge on any atom is 0.316 e. The number of H-pyrrole nitrogens is 1. The van der Waals surface area contributed by atoms with Gasteiger partial charge in [0.25, 0.3) is 0 Å². The average molecular weight is 274 g/mol. The third kappa shape index (κ3) is 2.52. The molecule has 0 spiro atoms. The van der Waals surface area contributed by atoms with E-state index in [1.54, 1.807) is 6.92 Å². The first kappa shape index (κ1) is 14.1. The molecule has 5 nitrogen and oxygen atoms in total. The van der Waals surface area contributed by atoms with Crippen LogP contribution >= 0.6 is 0 Å². The summed E-state index contributed by atoms with van der Waals surface area (Å²) in [5.41, 5.74) is 1.71. The van der Waals surface area contributed by atoms with E-state index in [4.69, 9.17) is 5.11 Å². The molecule has 0 saturated carbocycles. The van der Waals surface area contributed by atoms with Crippen LogP contribution in [0.15, 0.2) is 30.5 Å². The minimum Gasteiger partial charge on any atom is -0.481 e. The third-order valence-corrected chi connectivity index (χ3v) is 3.44. The van der Waals surface area contributed by atoms with Crippen molar-refractivity contribution in [2.75, 3.05) is 11.4 Å². The Morgan fingerprint density at radius 3 is 2.65 bits per heavy atom. The number of anilines is 1. The molecule has 2 aromatic rings. The molecule has 0 unspecified atom stereocenters. The molecule has 0 aliphatic carbocycles. The Bertz CT molecular complexity index is 633. The summed E-state index contributed by atoms with van der Waals surface area (Å²) in [7, 11) is 0. The topological polar surface area (TPSA) is 73.4 Å². The normalized spacial score (nSPS) is 12.3. The highest BCUT2D eigenvalue weighted by atomic mass is 16.4. The number of carbonyl (C=O) groups is 2. The summed E-state index contributed by atoms with van der Waals surface area (Å²) in [5, 5.41) is 10.1. The first-order valence-electron chi connectivity index (χ1n) is 6.69. The molecule has 0 aliphatic rings. The largest absolute Gasteiger partial charge is 0.481 e. The van der Waals surface area contributed by atoms with E-state index in [0.717, 1.165) is 16.6 Å². The quantitative estimate of drug-likeness (QED) is 0.823. The van der Waals surface area contributed by atoms with Crippen molar-refractivity contribution >= 4 is 28.5 Å². The van der Waals surface area contributed by atoms with Crippen molar-refractivity contribution in [3.63, 3.8) is 0 Å². The van der Waals surface area contributed by atoms with Gasteiger partial charge in [0, 0.05) is 29.3 Å². The molecule has 106 valence electrons. The highest BCUT2D eigenvalue weighted by molar-refractivity contribution is 6.06. The molecule has 2 rings (SSSR count). The van der Waals surface area contributed by atoms with Crippen molar-refractivity contribution in [2.45, 2.75) is 20.3 Å². The predicted octanol–water partition coefficient (Wildman–Crippen LogP) is 2.63. The lowest BCUT2D eigenvalue weighted by Crippen LogP contribution is -2.39. The lowest BCUT2D eigenvalue weighted by atomic mass is 10.0. The third-order valence-electron chi connectivity index (χ3n) is 3.44. The van der Waals surface area contributed by atoms with Gasteiger partial charge in [-0.1, -0.05) is 6.92 Å². The molecule has 1 aromatic heterocycles. The number of benzene rings is 1. The number of aromatic nitrogens is 1. The van der Waals surface area contributed by atoms with Gasteiger partial charge in [0.1, 0.15) is 5.92 Å². The Labute approximate surface area is 117 Å². The number of carboxylic acids is 1. The number of amides is 1. The van der Waals surface area contributed by atoms with E-state index in [-0.39, 0.29) is 12.3 Å². The van der Waals surface area contributed by atoms with Crippen LogP contribution in [0.3, 0.4) is 0 Å². The number of hydrogen-bond acceptors (Lipinski definition) is 2. The number of carboxylic acid groups (broad SMARTS) is 1. The van der Waals surface area contributed by atoms with E-state index in [0.29, 0.717) is 6.54 Å². The van der Waals surface area contributed by atoms with Crippen molar-refractivity contribution in [1.29, 1.82) is 0 Å². The van der Waals surface area contributed by atoms with Gasteiger partial charge < -0.3 is 15.0 Å². The number of aromatic amines is 1. The molecule has 1 heterocycles. The molecular formula is C15H18N2O3. The van der Waals surface area contributed by atoms with Crippen LogP contribution in [-0.2, 0) is 9.59 Å². The lowest BCUT2D eigenvalue weighted by Gasteiger charge is -2.24. The van der Waals surface area contributed by atoms with E-state index >= 15 is 0 Å². The number of rotatable bonds is 5. The van der Waals surface area contributed by atoms with E-state index in [1.165, 1.54) is 4.90 Å². The molecular weight excluding hydrogens is 256 g/mol. The summed E-state index contributed by atoms with van der Waals surface area (Å²) in [4.78, 5) is 28.1. The van der Waals surface area contributed by atoms with Gasteiger partial charge in [0.05, 0.1) is 0 Å². The summed E-state index contributed by atoms with van der Waals surface area (Å²) < 4.78 is 0. The van der Waals surface area contributed by atoms with E-state index in [1.807, 2.05) is 37.4 Å². The molecule has 1 aromatic carbocycles. The van der Waals surface area contributed by atoms with E-state index < -0.39 is 11.9 Å². The summed E-state index contributed by atoms with van der Waals surface area (Å²) in [5.74, 6) is -2.42. The number of nitrogens with one attached hydrogen (secondary N) is 1. The zero-order valence-electron chi connectivity index (χ0n) is 11.6. The second-order valence-electron chi connectivity index (χ2n) is 4.63. The molecule has 1 amide bonds. The number of nitrogens with zero attached hydrogens (tertiary/aromatic N) is 1. The van der Waals surface area contributed by atoms with Crippen LogP contribution in [0, 0.1) is 5.92 Å². The monoisotopic (exact) mass is 274 g/mol. The Morgan fingerprint density at radius 2 is 2.05 bits per heavy atom. The van der Waals surface area contributed by atoms with Gasteiger partial charge in [0.15, 0.2) is 0 Å². The smallest absolute Gasteiger partial charge is 0.316 e. The molecule has 0 aliphatic heterocycles. The summed E-state index contributed by atoms with van der Waals surface area (Å²) >= 11 is 0. The van der Waals surface area contributed by atoms with Crippen LogP contribution in [0.2, 0.25) is 0 Å². The molecule has 5 heteroatoms. The Morgan fingerprint density at radius 1 is 1.30 bits per heavy atom. The van der Waals surface area contributed by atoms with Crippen LogP contribution < -0.4 is 4.90 Å². The number of fused-ring (bicyclic) bond motifs is 1. The van der Waals surface area contributed by atoms with Crippen LogP contribution in [0.1, 0.15) is 20.3 Å². The Balaban J connectivity index is 2.35. The predicted molar refractivity (Wildman–Crippen MR) is 77.7 cm³/mol. The fraction of sp³-hybridized carbons (Fsp3) is 0.333. The van der Waals surface area contributed by atoms with Gasteiger partial charge in [-0.25, -0.2) is 0 Å². The lowest BCUT2D eigenvalue weighted by molar-refractivity contribution is -0.146. The van der Waals surface area contributed by atoms with E-state index in [9.17, 15) is 9.59 Å². The van der Waals surface area contributed by atoms with Crippen molar-refractivity contribution in [1.82, 2.24) is 4.98 Å². The fourth-order valence-electron chi connectivity index (χ4n) is 2.32. The van der Waals surface area contributed by atoms with Gasteiger partial charge >= 0.3 is 5.97 Å². The van der Waals surface area contributed by atoms with Gasteiger partial charge in [-0.2, -0.15) is 0 Å². The summed E-state index contributed by atoms with van der Waals surface area (Å²) in [6.45, 7) is 3.99. The van der Waals surface area contributed by atoms with Crippen molar-refractivity contribution in [3.05, 3.63) is 30.5 Å². The average Bonchev–Trinajstić information content (AvgIpc) is 2.87. The molecule has 2 N–H and O–H groups in total. The number of hydrogen-bond donors (Lipinski definition) is 2. The molecule has 0 bridgehead atoms.